The van der Waals surface area contributed by atoms with E-state index in [2.05, 4.69) is 30.0 Å². The number of amides is 1. The van der Waals surface area contributed by atoms with E-state index in [1.807, 2.05) is 16.0 Å². The molecule has 2 fully saturated rings. The summed E-state index contributed by atoms with van der Waals surface area (Å²) in [6.07, 6.45) is 5.10. The van der Waals surface area contributed by atoms with Crippen molar-refractivity contribution < 1.29 is 14.4 Å². The number of hydroxylamine groups is 2. The molecule has 0 aliphatic carbocycles. The van der Waals surface area contributed by atoms with Gasteiger partial charge in [0.15, 0.2) is 0 Å². The molecule has 0 bridgehead atoms. The smallest absolute Gasteiger partial charge is 0.223 e. The van der Waals surface area contributed by atoms with Gasteiger partial charge < -0.3 is 14.5 Å². The van der Waals surface area contributed by atoms with Gasteiger partial charge in [-0.05, 0) is 62.8 Å². The Bertz CT molecular complexity index is 634. The molecule has 0 saturated carbocycles. The lowest BCUT2D eigenvalue weighted by atomic mass is 9.96. The number of methoxy groups -OCH3 is 1. The average molecular weight is 404 g/mol. The summed E-state index contributed by atoms with van der Waals surface area (Å²) in [6, 6.07) is 8.35. The molecule has 6 nitrogen and oxygen atoms in total. The standard InChI is InChI=1S/C23H37N3O3/c1-3-25(23(27)11-15-26-13-6-16-29-26)19-21-8-5-12-24(18-21)14-10-20-7-4-9-22(17-20)28-2/h4,7,9,17,21H,3,5-6,8,10-16,18-19H2,1-2H3/t21-/m1/s1. The average Bonchev–Trinajstić information content (AvgIpc) is 3.28. The Labute approximate surface area is 175 Å². The molecule has 2 aliphatic heterocycles. The van der Waals surface area contributed by atoms with Gasteiger partial charge in [0.25, 0.3) is 0 Å². The lowest BCUT2D eigenvalue weighted by Crippen LogP contribution is -2.43. The van der Waals surface area contributed by atoms with Crippen LogP contribution >= 0.6 is 0 Å². The first-order valence-corrected chi connectivity index (χ1v) is 11.2. The molecule has 0 radical (unpaired) electrons. The van der Waals surface area contributed by atoms with Crippen LogP contribution in [0.15, 0.2) is 24.3 Å². The minimum Gasteiger partial charge on any atom is -0.497 e. The van der Waals surface area contributed by atoms with E-state index in [9.17, 15) is 4.79 Å². The number of benzene rings is 1. The van der Waals surface area contributed by atoms with Crippen LogP contribution in [0.4, 0.5) is 0 Å². The largest absolute Gasteiger partial charge is 0.497 e. The molecule has 1 atom stereocenters. The van der Waals surface area contributed by atoms with Crippen molar-refractivity contribution in [3.8, 4) is 5.75 Å². The van der Waals surface area contributed by atoms with Gasteiger partial charge in [-0.1, -0.05) is 12.1 Å². The minimum atomic E-state index is 0.261. The molecule has 0 unspecified atom stereocenters. The fourth-order valence-corrected chi connectivity index (χ4v) is 4.39. The van der Waals surface area contributed by atoms with E-state index in [1.54, 1.807) is 7.11 Å². The SMILES string of the molecule is CCN(C[C@@H]1CCCN(CCc2cccc(OC)c2)C1)C(=O)CCN1CCCO1. The van der Waals surface area contributed by atoms with Crippen molar-refractivity contribution in [2.45, 2.75) is 39.0 Å². The molecule has 3 rings (SSSR count). The zero-order chi connectivity index (χ0) is 20.5. The van der Waals surface area contributed by atoms with Crippen LogP contribution in [0.2, 0.25) is 0 Å². The third-order valence-corrected chi connectivity index (χ3v) is 6.07. The van der Waals surface area contributed by atoms with Gasteiger partial charge in [0.05, 0.1) is 13.7 Å². The molecule has 1 aromatic carbocycles. The Balaban J connectivity index is 1.42. The third kappa shape index (κ3) is 6.98. The van der Waals surface area contributed by atoms with E-state index in [0.717, 1.165) is 64.5 Å². The van der Waals surface area contributed by atoms with Crippen molar-refractivity contribution in [2.75, 3.05) is 59.5 Å². The highest BCUT2D eigenvalue weighted by molar-refractivity contribution is 5.76. The molecule has 0 N–H and O–H groups in total. The summed E-state index contributed by atoms with van der Waals surface area (Å²) in [4.78, 5) is 22.8. The lowest BCUT2D eigenvalue weighted by Gasteiger charge is -2.35. The number of hydrogen-bond donors (Lipinski definition) is 0. The highest BCUT2D eigenvalue weighted by atomic mass is 16.7. The van der Waals surface area contributed by atoms with Crippen molar-refractivity contribution in [1.29, 1.82) is 0 Å². The summed E-state index contributed by atoms with van der Waals surface area (Å²) in [7, 11) is 1.72. The van der Waals surface area contributed by atoms with Crippen LogP contribution < -0.4 is 4.74 Å². The fourth-order valence-electron chi connectivity index (χ4n) is 4.39. The van der Waals surface area contributed by atoms with E-state index in [4.69, 9.17) is 9.57 Å². The monoisotopic (exact) mass is 403 g/mol. The van der Waals surface area contributed by atoms with Gasteiger partial charge >= 0.3 is 0 Å². The topological polar surface area (TPSA) is 45.2 Å². The molecule has 0 aromatic heterocycles. The number of carbonyl (C=O) groups is 1. The normalized spacial score (nSPS) is 20.7. The molecule has 1 amide bonds. The van der Waals surface area contributed by atoms with E-state index in [1.165, 1.54) is 18.4 Å². The molecular formula is C23H37N3O3. The zero-order valence-electron chi connectivity index (χ0n) is 18.1. The first kappa shape index (κ1) is 22.1. The Hall–Kier alpha value is -1.63. The van der Waals surface area contributed by atoms with Gasteiger partial charge in [-0.25, -0.2) is 0 Å². The molecule has 2 saturated heterocycles. The van der Waals surface area contributed by atoms with Gasteiger partial charge in [-0.15, -0.1) is 0 Å². The first-order chi connectivity index (χ1) is 14.2. The molecular weight excluding hydrogens is 366 g/mol. The Morgan fingerprint density at radius 3 is 2.93 bits per heavy atom. The van der Waals surface area contributed by atoms with E-state index >= 15 is 0 Å². The van der Waals surface area contributed by atoms with Crippen LogP contribution in [-0.2, 0) is 16.1 Å². The number of likely N-dealkylation sites (tertiary alicyclic amines) is 1. The predicted molar refractivity (Wildman–Crippen MR) is 115 cm³/mol. The van der Waals surface area contributed by atoms with E-state index < -0.39 is 0 Å². The molecule has 29 heavy (non-hydrogen) atoms. The summed E-state index contributed by atoms with van der Waals surface area (Å²) in [6.45, 7) is 9.53. The third-order valence-electron chi connectivity index (χ3n) is 6.07. The van der Waals surface area contributed by atoms with Gasteiger partial charge in [-0.3, -0.25) is 9.63 Å². The summed E-state index contributed by atoms with van der Waals surface area (Å²) in [5.74, 6) is 1.76. The number of nitrogens with zero attached hydrogens (tertiary/aromatic N) is 3. The van der Waals surface area contributed by atoms with Crippen LogP contribution in [0.1, 0.15) is 38.2 Å². The molecule has 2 aliphatic rings. The van der Waals surface area contributed by atoms with Crippen LogP contribution in [0, 0.1) is 5.92 Å². The number of piperidine rings is 1. The second-order valence-electron chi connectivity index (χ2n) is 8.21. The summed E-state index contributed by atoms with van der Waals surface area (Å²) < 4.78 is 5.33. The number of hydrogen-bond acceptors (Lipinski definition) is 5. The first-order valence-electron chi connectivity index (χ1n) is 11.2. The second kappa shape index (κ2) is 11.5. The van der Waals surface area contributed by atoms with Crippen molar-refractivity contribution in [3.63, 3.8) is 0 Å². The Morgan fingerprint density at radius 2 is 2.17 bits per heavy atom. The van der Waals surface area contributed by atoms with E-state index in [-0.39, 0.29) is 5.91 Å². The molecule has 1 aromatic rings. The summed E-state index contributed by atoms with van der Waals surface area (Å²) >= 11 is 0. The maximum Gasteiger partial charge on any atom is 0.223 e. The highest BCUT2D eigenvalue weighted by Gasteiger charge is 2.24. The van der Waals surface area contributed by atoms with Crippen LogP contribution in [0.5, 0.6) is 5.75 Å². The van der Waals surface area contributed by atoms with Crippen molar-refractivity contribution in [3.05, 3.63) is 29.8 Å². The maximum atomic E-state index is 12.7. The highest BCUT2D eigenvalue weighted by Crippen LogP contribution is 2.20. The maximum absolute atomic E-state index is 12.7. The molecule has 2 heterocycles. The molecule has 0 spiro atoms. The van der Waals surface area contributed by atoms with Crippen LogP contribution in [0.25, 0.3) is 0 Å². The van der Waals surface area contributed by atoms with Crippen LogP contribution in [-0.4, -0.2) is 80.3 Å². The Morgan fingerprint density at radius 1 is 1.28 bits per heavy atom. The van der Waals surface area contributed by atoms with Gasteiger partial charge in [0.2, 0.25) is 5.91 Å². The molecule has 6 heteroatoms. The van der Waals surface area contributed by atoms with Crippen molar-refractivity contribution >= 4 is 5.91 Å². The second-order valence-corrected chi connectivity index (χ2v) is 8.21. The number of ether oxygens (including phenoxy) is 1. The van der Waals surface area contributed by atoms with Gasteiger partial charge in [0, 0.05) is 45.7 Å². The van der Waals surface area contributed by atoms with Crippen molar-refractivity contribution in [2.24, 2.45) is 5.92 Å². The van der Waals surface area contributed by atoms with Gasteiger partial charge in [0.1, 0.15) is 5.75 Å². The predicted octanol–water partition coefficient (Wildman–Crippen LogP) is 2.83. The summed E-state index contributed by atoms with van der Waals surface area (Å²) in [5, 5.41) is 1.94. The van der Waals surface area contributed by atoms with Gasteiger partial charge in [-0.2, -0.15) is 5.06 Å². The molecule has 162 valence electrons. The number of rotatable bonds is 10. The quantitative estimate of drug-likeness (QED) is 0.601. The number of carbonyl (C=O) groups excluding carboxylic acids is 1. The van der Waals surface area contributed by atoms with Crippen molar-refractivity contribution in [1.82, 2.24) is 14.9 Å². The lowest BCUT2D eigenvalue weighted by molar-refractivity contribution is -0.139. The minimum absolute atomic E-state index is 0.261. The Kier molecular flexibility index (Phi) is 8.77. The van der Waals surface area contributed by atoms with E-state index in [0.29, 0.717) is 18.9 Å². The summed E-state index contributed by atoms with van der Waals surface area (Å²) in [5.41, 5.74) is 1.32. The zero-order valence-corrected chi connectivity index (χ0v) is 18.1. The van der Waals surface area contributed by atoms with Crippen LogP contribution in [0.3, 0.4) is 0 Å². The fraction of sp³-hybridized carbons (Fsp3) is 0.696.